The van der Waals surface area contributed by atoms with E-state index in [9.17, 15) is 4.79 Å². The fourth-order valence-corrected chi connectivity index (χ4v) is 1.61. The van der Waals surface area contributed by atoms with Gasteiger partial charge in [-0.3, -0.25) is 9.69 Å². The Labute approximate surface area is 108 Å². The molecule has 1 aliphatic heterocycles. The lowest BCUT2D eigenvalue weighted by Gasteiger charge is -2.25. The first kappa shape index (κ1) is 15.4. The summed E-state index contributed by atoms with van der Waals surface area (Å²) in [5.41, 5.74) is 0. The second kappa shape index (κ2) is 10.3. The Morgan fingerprint density at radius 1 is 1.17 bits per heavy atom. The van der Waals surface area contributed by atoms with Gasteiger partial charge < -0.3 is 18.9 Å². The predicted octanol–water partition coefficient (Wildman–Crippen LogP) is -0.0851. The highest BCUT2D eigenvalue weighted by atomic mass is 16.6. The number of rotatable bonds is 9. The Morgan fingerprint density at radius 2 is 1.89 bits per heavy atom. The average Bonchev–Trinajstić information content (AvgIpc) is 2.41. The highest BCUT2D eigenvalue weighted by molar-refractivity contribution is 5.69. The largest absolute Gasteiger partial charge is 0.463 e. The molecule has 1 rings (SSSR count). The van der Waals surface area contributed by atoms with Crippen LogP contribution in [0, 0.1) is 0 Å². The minimum atomic E-state index is -0.170. The van der Waals surface area contributed by atoms with Gasteiger partial charge in [0.05, 0.1) is 39.5 Å². The van der Waals surface area contributed by atoms with Crippen molar-refractivity contribution in [3.63, 3.8) is 0 Å². The third-order valence-electron chi connectivity index (χ3n) is 2.66. The fraction of sp³-hybridized carbons (Fsp3) is 0.917. The predicted molar refractivity (Wildman–Crippen MR) is 65.5 cm³/mol. The number of ether oxygens (including phenoxy) is 4. The van der Waals surface area contributed by atoms with E-state index in [1.807, 2.05) is 0 Å². The van der Waals surface area contributed by atoms with Crippen molar-refractivity contribution in [1.82, 2.24) is 4.90 Å². The van der Waals surface area contributed by atoms with Crippen LogP contribution in [-0.2, 0) is 23.7 Å². The molecule has 106 valence electrons. The molecule has 0 aromatic heterocycles. The smallest absolute Gasteiger partial charge is 0.307 e. The van der Waals surface area contributed by atoms with Gasteiger partial charge in [-0.15, -0.1) is 0 Å². The van der Waals surface area contributed by atoms with E-state index in [2.05, 4.69) is 4.90 Å². The van der Waals surface area contributed by atoms with Crippen molar-refractivity contribution in [3.05, 3.63) is 0 Å². The maximum Gasteiger partial charge on any atom is 0.307 e. The second-order valence-electron chi connectivity index (χ2n) is 4.03. The molecule has 0 radical (unpaired) electrons. The van der Waals surface area contributed by atoms with Gasteiger partial charge >= 0.3 is 5.97 Å². The van der Waals surface area contributed by atoms with Crippen LogP contribution in [-0.4, -0.2) is 77.3 Å². The molecule has 1 heterocycles. The molecule has 0 saturated carbocycles. The Hall–Kier alpha value is -0.690. The fourth-order valence-electron chi connectivity index (χ4n) is 1.61. The third kappa shape index (κ3) is 7.60. The first-order valence-corrected chi connectivity index (χ1v) is 6.35. The number of methoxy groups -OCH3 is 1. The van der Waals surface area contributed by atoms with Crippen molar-refractivity contribution in [2.75, 3.05) is 66.4 Å². The molecule has 0 aliphatic carbocycles. The van der Waals surface area contributed by atoms with Gasteiger partial charge in [0, 0.05) is 26.7 Å². The van der Waals surface area contributed by atoms with Crippen LogP contribution in [0.2, 0.25) is 0 Å². The lowest BCUT2D eigenvalue weighted by molar-refractivity contribution is -0.145. The number of esters is 1. The van der Waals surface area contributed by atoms with Gasteiger partial charge in [0.25, 0.3) is 0 Å². The summed E-state index contributed by atoms with van der Waals surface area (Å²) in [4.78, 5) is 13.6. The van der Waals surface area contributed by atoms with Crippen LogP contribution in [0.4, 0.5) is 0 Å². The van der Waals surface area contributed by atoms with Gasteiger partial charge in [0.1, 0.15) is 6.61 Å². The van der Waals surface area contributed by atoms with Crippen molar-refractivity contribution in [3.8, 4) is 0 Å². The van der Waals surface area contributed by atoms with Gasteiger partial charge in [-0.05, 0) is 0 Å². The standard InChI is InChI=1S/C12H23NO5/c1-15-8-9-17-10-11-18-12(14)2-3-13-4-6-16-7-5-13/h2-11H2,1H3. The number of hydrogen-bond acceptors (Lipinski definition) is 6. The Balaban J connectivity index is 1.90. The van der Waals surface area contributed by atoms with Crippen LogP contribution in [0.1, 0.15) is 6.42 Å². The van der Waals surface area contributed by atoms with Crippen LogP contribution in [0.15, 0.2) is 0 Å². The summed E-state index contributed by atoms with van der Waals surface area (Å²) in [6, 6.07) is 0. The zero-order valence-electron chi connectivity index (χ0n) is 11.1. The zero-order chi connectivity index (χ0) is 13.1. The summed E-state index contributed by atoms with van der Waals surface area (Å²) in [5, 5.41) is 0. The minimum absolute atomic E-state index is 0.170. The Bertz CT molecular complexity index is 219. The van der Waals surface area contributed by atoms with Crippen LogP contribution < -0.4 is 0 Å². The van der Waals surface area contributed by atoms with Gasteiger partial charge in [-0.1, -0.05) is 0 Å². The van der Waals surface area contributed by atoms with Crippen LogP contribution >= 0.6 is 0 Å². The third-order valence-corrected chi connectivity index (χ3v) is 2.66. The van der Waals surface area contributed by atoms with Crippen LogP contribution in [0.3, 0.4) is 0 Å². The van der Waals surface area contributed by atoms with Gasteiger partial charge in [-0.2, -0.15) is 0 Å². The maximum atomic E-state index is 11.4. The first-order chi connectivity index (χ1) is 8.83. The quantitative estimate of drug-likeness (QED) is 0.427. The summed E-state index contributed by atoms with van der Waals surface area (Å²) < 4.78 is 20.3. The van der Waals surface area contributed by atoms with Crippen molar-refractivity contribution in [2.45, 2.75) is 6.42 Å². The van der Waals surface area contributed by atoms with E-state index in [-0.39, 0.29) is 5.97 Å². The number of carbonyl (C=O) groups excluding carboxylic acids is 1. The number of carbonyl (C=O) groups is 1. The summed E-state index contributed by atoms with van der Waals surface area (Å²) >= 11 is 0. The summed E-state index contributed by atoms with van der Waals surface area (Å²) in [5.74, 6) is -0.170. The maximum absolute atomic E-state index is 11.4. The van der Waals surface area contributed by atoms with E-state index in [0.717, 1.165) is 32.8 Å². The Morgan fingerprint density at radius 3 is 2.61 bits per heavy atom. The Kier molecular flexibility index (Phi) is 8.75. The summed E-state index contributed by atoms with van der Waals surface area (Å²) in [6.07, 6.45) is 0.429. The molecule has 0 aromatic rings. The second-order valence-corrected chi connectivity index (χ2v) is 4.03. The van der Waals surface area contributed by atoms with Crippen molar-refractivity contribution in [1.29, 1.82) is 0 Å². The summed E-state index contributed by atoms with van der Waals surface area (Å²) in [6.45, 7) is 5.86. The molecule has 0 amide bonds. The highest BCUT2D eigenvalue weighted by Gasteiger charge is 2.12. The molecule has 0 unspecified atom stereocenters. The minimum Gasteiger partial charge on any atom is -0.463 e. The molecule has 0 bridgehead atoms. The normalized spacial score (nSPS) is 16.7. The summed E-state index contributed by atoms with van der Waals surface area (Å²) in [7, 11) is 1.62. The SMILES string of the molecule is COCCOCCOC(=O)CCN1CCOCC1. The lowest BCUT2D eigenvalue weighted by Crippen LogP contribution is -2.37. The molecule has 0 N–H and O–H groups in total. The number of hydrogen-bond donors (Lipinski definition) is 0. The number of nitrogens with zero attached hydrogens (tertiary/aromatic N) is 1. The molecule has 1 saturated heterocycles. The van der Waals surface area contributed by atoms with Crippen LogP contribution in [0.5, 0.6) is 0 Å². The molecule has 0 spiro atoms. The first-order valence-electron chi connectivity index (χ1n) is 6.35. The van der Waals surface area contributed by atoms with Gasteiger partial charge in [0.2, 0.25) is 0 Å². The molecule has 1 fully saturated rings. The van der Waals surface area contributed by atoms with Gasteiger partial charge in [-0.25, -0.2) is 0 Å². The van der Waals surface area contributed by atoms with Gasteiger partial charge in [0.15, 0.2) is 0 Å². The number of morpholine rings is 1. The van der Waals surface area contributed by atoms with E-state index in [0.29, 0.717) is 32.8 Å². The molecular formula is C12H23NO5. The molecular weight excluding hydrogens is 238 g/mol. The highest BCUT2D eigenvalue weighted by Crippen LogP contribution is 1.99. The lowest BCUT2D eigenvalue weighted by atomic mass is 10.3. The topological polar surface area (TPSA) is 57.2 Å². The molecule has 6 heteroatoms. The monoisotopic (exact) mass is 261 g/mol. The molecule has 6 nitrogen and oxygen atoms in total. The average molecular weight is 261 g/mol. The molecule has 0 atom stereocenters. The van der Waals surface area contributed by atoms with Crippen molar-refractivity contribution >= 4 is 5.97 Å². The zero-order valence-corrected chi connectivity index (χ0v) is 11.1. The van der Waals surface area contributed by atoms with E-state index < -0.39 is 0 Å². The van der Waals surface area contributed by atoms with E-state index in [1.54, 1.807) is 7.11 Å². The van der Waals surface area contributed by atoms with E-state index in [4.69, 9.17) is 18.9 Å². The van der Waals surface area contributed by atoms with Crippen LogP contribution in [0.25, 0.3) is 0 Å². The van der Waals surface area contributed by atoms with Crippen molar-refractivity contribution < 1.29 is 23.7 Å². The van der Waals surface area contributed by atoms with Crippen molar-refractivity contribution in [2.24, 2.45) is 0 Å². The molecule has 1 aliphatic rings. The molecule has 0 aromatic carbocycles. The van der Waals surface area contributed by atoms with E-state index >= 15 is 0 Å². The molecule has 18 heavy (non-hydrogen) atoms. The van der Waals surface area contributed by atoms with E-state index in [1.165, 1.54) is 0 Å².